The normalized spacial score (nSPS) is 18.1. The summed E-state index contributed by atoms with van der Waals surface area (Å²) in [6.45, 7) is 0. The largest absolute Gasteiger partial charge is 0.476 e. The molecule has 0 aromatic carbocycles. The van der Waals surface area contributed by atoms with Crippen molar-refractivity contribution in [1.82, 2.24) is 4.98 Å². The summed E-state index contributed by atoms with van der Waals surface area (Å²) in [5.74, 6) is -0.959. The average molecular weight is 349 g/mol. The lowest BCUT2D eigenvalue weighted by atomic mass is 9.96. The SMILES string of the molecule is O=C(O)c1nc(Cl)c(Cl)c(N/N=C\C2CC=CCC2)c1Cl. The number of carboxylic acids is 1. The third-order valence-electron chi connectivity index (χ3n) is 3.01. The van der Waals surface area contributed by atoms with E-state index in [1.807, 2.05) is 0 Å². The van der Waals surface area contributed by atoms with Gasteiger partial charge in [0.2, 0.25) is 0 Å². The zero-order chi connectivity index (χ0) is 15.4. The van der Waals surface area contributed by atoms with Crippen molar-refractivity contribution in [2.24, 2.45) is 11.0 Å². The number of hydrogen-bond acceptors (Lipinski definition) is 4. The molecule has 0 saturated heterocycles. The molecule has 8 heteroatoms. The molecule has 1 heterocycles. The number of nitrogens with zero attached hydrogens (tertiary/aromatic N) is 2. The second kappa shape index (κ2) is 7.11. The minimum Gasteiger partial charge on any atom is -0.476 e. The van der Waals surface area contributed by atoms with Crippen molar-refractivity contribution in [1.29, 1.82) is 0 Å². The second-order valence-corrected chi connectivity index (χ2v) is 5.61. The van der Waals surface area contributed by atoms with E-state index in [1.54, 1.807) is 6.21 Å². The van der Waals surface area contributed by atoms with Gasteiger partial charge in [0.15, 0.2) is 10.8 Å². The number of carboxylic acid groups (broad SMARTS) is 1. The van der Waals surface area contributed by atoms with Crippen LogP contribution in [0.3, 0.4) is 0 Å². The van der Waals surface area contributed by atoms with E-state index >= 15 is 0 Å². The number of hydrogen-bond donors (Lipinski definition) is 2. The first-order valence-electron chi connectivity index (χ1n) is 6.22. The van der Waals surface area contributed by atoms with Gasteiger partial charge in [-0.25, -0.2) is 9.78 Å². The first-order valence-corrected chi connectivity index (χ1v) is 7.36. The number of aromatic carboxylic acids is 1. The Kier molecular flexibility index (Phi) is 5.45. The zero-order valence-electron chi connectivity index (χ0n) is 10.8. The number of aromatic nitrogens is 1. The number of hydrazone groups is 1. The van der Waals surface area contributed by atoms with Gasteiger partial charge in [-0.2, -0.15) is 5.10 Å². The summed E-state index contributed by atoms with van der Waals surface area (Å²) < 4.78 is 0. The Morgan fingerprint density at radius 3 is 2.76 bits per heavy atom. The van der Waals surface area contributed by atoms with Gasteiger partial charge in [0, 0.05) is 6.21 Å². The molecular formula is C13H12Cl3N3O2. The Labute approximate surface area is 136 Å². The quantitative estimate of drug-likeness (QED) is 0.364. The van der Waals surface area contributed by atoms with Gasteiger partial charge in [-0.15, -0.1) is 0 Å². The van der Waals surface area contributed by atoms with Crippen molar-refractivity contribution in [3.63, 3.8) is 0 Å². The first kappa shape index (κ1) is 16.1. The predicted molar refractivity (Wildman–Crippen MR) is 84.8 cm³/mol. The molecule has 1 aliphatic carbocycles. The van der Waals surface area contributed by atoms with Gasteiger partial charge in [0.05, 0.1) is 5.69 Å². The van der Waals surface area contributed by atoms with Crippen LogP contribution in [-0.2, 0) is 0 Å². The van der Waals surface area contributed by atoms with E-state index in [0.717, 1.165) is 19.3 Å². The number of anilines is 1. The molecule has 2 rings (SSSR count). The van der Waals surface area contributed by atoms with Crippen molar-refractivity contribution in [3.05, 3.63) is 33.0 Å². The minimum absolute atomic E-state index is 0.0346. The summed E-state index contributed by atoms with van der Waals surface area (Å²) in [7, 11) is 0. The molecule has 21 heavy (non-hydrogen) atoms. The van der Waals surface area contributed by atoms with Crippen molar-refractivity contribution < 1.29 is 9.90 Å². The Hall–Kier alpha value is -1.30. The van der Waals surface area contributed by atoms with Crippen LogP contribution < -0.4 is 5.43 Å². The van der Waals surface area contributed by atoms with Crippen LogP contribution in [0.5, 0.6) is 0 Å². The summed E-state index contributed by atoms with van der Waals surface area (Å²) in [5, 5.41) is 12.8. The molecule has 0 amide bonds. The molecule has 112 valence electrons. The third-order valence-corrected chi connectivity index (χ3v) is 4.12. The number of halogens is 3. The monoisotopic (exact) mass is 347 g/mol. The van der Waals surface area contributed by atoms with Crippen LogP contribution in [0.1, 0.15) is 29.8 Å². The van der Waals surface area contributed by atoms with Gasteiger partial charge in [-0.1, -0.05) is 47.0 Å². The standard InChI is InChI=1S/C13H12Cl3N3O2/c14-8-10(9(15)12(16)18-11(8)13(20)21)19-17-6-7-4-2-1-3-5-7/h1-2,6-7H,3-5H2,(H,18,19)(H,20,21)/b17-6-. The minimum atomic E-state index is -1.29. The number of allylic oxidation sites excluding steroid dienone is 2. The van der Waals surface area contributed by atoms with E-state index in [9.17, 15) is 4.79 Å². The van der Waals surface area contributed by atoms with E-state index in [1.165, 1.54) is 0 Å². The summed E-state index contributed by atoms with van der Waals surface area (Å²) in [4.78, 5) is 14.7. The molecular weight excluding hydrogens is 337 g/mol. The number of pyridine rings is 1. The molecule has 1 atom stereocenters. The maximum atomic E-state index is 11.0. The summed E-state index contributed by atoms with van der Waals surface area (Å²) in [6, 6.07) is 0. The van der Waals surface area contributed by atoms with Crippen molar-refractivity contribution in [3.8, 4) is 0 Å². The molecule has 0 fully saturated rings. The van der Waals surface area contributed by atoms with Crippen LogP contribution in [0.4, 0.5) is 5.69 Å². The van der Waals surface area contributed by atoms with Gasteiger partial charge < -0.3 is 5.11 Å². The van der Waals surface area contributed by atoms with Crippen molar-refractivity contribution >= 4 is 52.7 Å². The molecule has 1 unspecified atom stereocenters. The fraction of sp³-hybridized carbons (Fsp3) is 0.308. The highest BCUT2D eigenvalue weighted by atomic mass is 35.5. The van der Waals surface area contributed by atoms with Crippen LogP contribution in [0.15, 0.2) is 17.3 Å². The van der Waals surface area contributed by atoms with E-state index in [2.05, 4.69) is 27.7 Å². The highest BCUT2D eigenvalue weighted by molar-refractivity contribution is 6.46. The maximum Gasteiger partial charge on any atom is 0.356 e. The van der Waals surface area contributed by atoms with Gasteiger partial charge in [0.25, 0.3) is 0 Å². The smallest absolute Gasteiger partial charge is 0.356 e. The van der Waals surface area contributed by atoms with Crippen molar-refractivity contribution in [2.75, 3.05) is 5.43 Å². The van der Waals surface area contributed by atoms with Crippen LogP contribution in [-0.4, -0.2) is 22.3 Å². The molecule has 1 aromatic heterocycles. The third kappa shape index (κ3) is 3.87. The Morgan fingerprint density at radius 2 is 2.14 bits per heavy atom. The molecule has 0 bridgehead atoms. The predicted octanol–water partition coefficient (Wildman–Crippen LogP) is 4.49. The van der Waals surface area contributed by atoms with Gasteiger partial charge in [0.1, 0.15) is 10.0 Å². The van der Waals surface area contributed by atoms with Gasteiger partial charge in [-0.3, -0.25) is 5.43 Å². The van der Waals surface area contributed by atoms with Crippen molar-refractivity contribution in [2.45, 2.75) is 19.3 Å². The zero-order valence-corrected chi connectivity index (χ0v) is 13.1. The lowest BCUT2D eigenvalue weighted by Gasteiger charge is -2.13. The molecule has 0 saturated carbocycles. The lowest BCUT2D eigenvalue weighted by molar-refractivity contribution is 0.0691. The Bertz CT molecular complexity index is 617. The summed E-state index contributed by atoms with van der Waals surface area (Å²) in [6.07, 6.45) is 8.94. The second-order valence-electron chi connectivity index (χ2n) is 4.49. The van der Waals surface area contributed by atoms with E-state index in [4.69, 9.17) is 39.9 Å². The van der Waals surface area contributed by atoms with Gasteiger partial charge >= 0.3 is 5.97 Å². The molecule has 0 spiro atoms. The van der Waals surface area contributed by atoms with Crippen LogP contribution in [0, 0.1) is 5.92 Å². The Balaban J connectivity index is 2.21. The highest BCUT2D eigenvalue weighted by Crippen LogP contribution is 2.36. The topological polar surface area (TPSA) is 74.6 Å². The molecule has 1 aromatic rings. The number of nitrogens with one attached hydrogen (secondary N) is 1. The molecule has 0 aliphatic heterocycles. The molecule has 2 N–H and O–H groups in total. The summed E-state index contributed by atoms with van der Waals surface area (Å²) in [5.41, 5.74) is 2.42. The van der Waals surface area contributed by atoms with Crippen LogP contribution in [0.25, 0.3) is 0 Å². The van der Waals surface area contributed by atoms with E-state index < -0.39 is 5.97 Å². The van der Waals surface area contributed by atoms with Crippen LogP contribution >= 0.6 is 34.8 Å². The van der Waals surface area contributed by atoms with Gasteiger partial charge in [-0.05, 0) is 25.2 Å². The fourth-order valence-electron chi connectivity index (χ4n) is 1.91. The number of carbonyl (C=O) groups is 1. The maximum absolute atomic E-state index is 11.0. The molecule has 5 nitrogen and oxygen atoms in total. The van der Waals surface area contributed by atoms with E-state index in [-0.39, 0.29) is 26.6 Å². The van der Waals surface area contributed by atoms with E-state index in [0.29, 0.717) is 5.92 Å². The average Bonchev–Trinajstić information content (AvgIpc) is 2.47. The highest BCUT2D eigenvalue weighted by Gasteiger charge is 2.20. The molecule has 0 radical (unpaired) electrons. The Morgan fingerprint density at radius 1 is 1.38 bits per heavy atom. The summed E-state index contributed by atoms with van der Waals surface area (Å²) >= 11 is 17.7. The lowest BCUT2D eigenvalue weighted by Crippen LogP contribution is -2.07. The number of rotatable bonds is 4. The van der Waals surface area contributed by atoms with Crippen LogP contribution in [0.2, 0.25) is 15.2 Å². The first-order chi connectivity index (χ1) is 10.0. The fourth-order valence-corrected chi connectivity index (χ4v) is 2.58. The molecule has 1 aliphatic rings.